The van der Waals surface area contributed by atoms with E-state index < -0.39 is 6.09 Å². The molecule has 0 radical (unpaired) electrons. The second-order valence-corrected chi connectivity index (χ2v) is 5.27. The fourth-order valence-electron chi connectivity index (χ4n) is 2.38. The lowest BCUT2D eigenvalue weighted by Crippen LogP contribution is -2.13. The standard InChI is InChI=1S/C18H17NO4/c20-16-7-4-10-22-17-11-14(8-9-15(16)17)19-18(21)23-12-13-5-2-1-3-6-13/h1-3,5-6,8-9,11H,4,7,10,12H2,(H,19,21). The third-order valence-corrected chi connectivity index (χ3v) is 3.55. The summed E-state index contributed by atoms with van der Waals surface area (Å²) < 4.78 is 10.7. The molecule has 0 atom stereocenters. The van der Waals surface area contributed by atoms with Gasteiger partial charge in [0, 0.05) is 18.2 Å². The molecule has 2 aromatic rings. The van der Waals surface area contributed by atoms with Gasteiger partial charge in [0.1, 0.15) is 12.4 Å². The lowest BCUT2D eigenvalue weighted by molar-refractivity contribution is 0.0983. The zero-order valence-corrected chi connectivity index (χ0v) is 12.6. The third-order valence-electron chi connectivity index (χ3n) is 3.55. The van der Waals surface area contributed by atoms with Crippen LogP contribution < -0.4 is 10.1 Å². The Morgan fingerprint density at radius 3 is 2.83 bits per heavy atom. The largest absolute Gasteiger partial charge is 0.493 e. The van der Waals surface area contributed by atoms with Gasteiger partial charge in [-0.25, -0.2) is 4.79 Å². The van der Waals surface area contributed by atoms with Crippen LogP contribution >= 0.6 is 0 Å². The third kappa shape index (κ3) is 3.88. The highest BCUT2D eigenvalue weighted by Crippen LogP contribution is 2.27. The van der Waals surface area contributed by atoms with E-state index >= 15 is 0 Å². The molecule has 0 unspecified atom stereocenters. The van der Waals surface area contributed by atoms with E-state index in [9.17, 15) is 9.59 Å². The van der Waals surface area contributed by atoms with Crippen molar-refractivity contribution < 1.29 is 19.1 Å². The van der Waals surface area contributed by atoms with Crippen LogP contribution in [0.5, 0.6) is 5.75 Å². The van der Waals surface area contributed by atoms with Gasteiger partial charge in [-0.15, -0.1) is 0 Å². The molecule has 1 aliphatic rings. The normalized spacial score (nSPS) is 13.5. The Bertz CT molecular complexity index is 712. The molecule has 0 bridgehead atoms. The Morgan fingerprint density at radius 1 is 1.17 bits per heavy atom. The molecule has 1 aliphatic heterocycles. The summed E-state index contributed by atoms with van der Waals surface area (Å²) in [6.07, 6.45) is 0.641. The van der Waals surface area contributed by atoms with E-state index in [4.69, 9.17) is 9.47 Å². The van der Waals surface area contributed by atoms with E-state index in [-0.39, 0.29) is 12.4 Å². The molecule has 118 valence electrons. The number of carbonyl (C=O) groups excluding carboxylic acids is 2. The predicted octanol–water partition coefficient (Wildman–Crippen LogP) is 3.79. The Balaban J connectivity index is 1.62. The number of fused-ring (bicyclic) bond motifs is 1. The summed E-state index contributed by atoms with van der Waals surface area (Å²) in [7, 11) is 0. The molecule has 0 spiro atoms. The van der Waals surface area contributed by atoms with E-state index in [0.717, 1.165) is 5.56 Å². The maximum Gasteiger partial charge on any atom is 0.411 e. The number of ketones is 1. The molecule has 0 aromatic heterocycles. The van der Waals surface area contributed by atoms with Crippen LogP contribution in [0.1, 0.15) is 28.8 Å². The van der Waals surface area contributed by atoms with Gasteiger partial charge in [-0.3, -0.25) is 10.1 Å². The van der Waals surface area contributed by atoms with Crippen molar-refractivity contribution in [1.29, 1.82) is 0 Å². The van der Waals surface area contributed by atoms with E-state index in [1.807, 2.05) is 30.3 Å². The second kappa shape index (κ2) is 6.96. The molecule has 0 aliphatic carbocycles. The van der Waals surface area contributed by atoms with E-state index in [1.165, 1.54) is 0 Å². The highest BCUT2D eigenvalue weighted by atomic mass is 16.5. The summed E-state index contributed by atoms with van der Waals surface area (Å²) in [5, 5.41) is 2.65. The number of Topliss-reactive ketones (excluding diaryl/α,β-unsaturated/α-hetero) is 1. The maximum atomic E-state index is 11.9. The molecule has 1 amide bonds. The maximum absolute atomic E-state index is 11.9. The molecule has 5 nitrogen and oxygen atoms in total. The van der Waals surface area contributed by atoms with Gasteiger partial charge in [0.25, 0.3) is 0 Å². The summed E-state index contributed by atoms with van der Waals surface area (Å²) in [5.41, 5.74) is 2.01. The predicted molar refractivity (Wildman–Crippen MR) is 85.8 cm³/mol. The first-order valence-corrected chi connectivity index (χ1v) is 7.50. The number of amides is 1. The molecular formula is C18H17NO4. The van der Waals surface area contributed by atoms with Crippen LogP contribution in [0.2, 0.25) is 0 Å². The number of hydrogen-bond acceptors (Lipinski definition) is 4. The SMILES string of the molecule is O=C(Nc1ccc2c(c1)OCCCC2=O)OCc1ccccc1. The summed E-state index contributed by atoms with van der Waals surface area (Å²) in [4.78, 5) is 23.8. The van der Waals surface area contributed by atoms with Crippen molar-refractivity contribution in [1.82, 2.24) is 0 Å². The molecule has 3 rings (SSSR count). The molecule has 5 heteroatoms. The number of anilines is 1. The van der Waals surface area contributed by atoms with Crippen LogP contribution in [0.4, 0.5) is 10.5 Å². The van der Waals surface area contributed by atoms with Crippen molar-refractivity contribution in [2.45, 2.75) is 19.4 Å². The van der Waals surface area contributed by atoms with Gasteiger partial charge in [-0.1, -0.05) is 30.3 Å². The second-order valence-electron chi connectivity index (χ2n) is 5.27. The average Bonchev–Trinajstić information content (AvgIpc) is 2.75. The summed E-state index contributed by atoms with van der Waals surface area (Å²) in [6, 6.07) is 14.5. The Morgan fingerprint density at radius 2 is 2.00 bits per heavy atom. The molecule has 1 N–H and O–H groups in total. The van der Waals surface area contributed by atoms with Gasteiger partial charge in [0.05, 0.1) is 12.2 Å². The Hall–Kier alpha value is -2.82. The smallest absolute Gasteiger partial charge is 0.411 e. The number of carbonyl (C=O) groups is 2. The van der Waals surface area contributed by atoms with Crippen LogP contribution in [0.15, 0.2) is 48.5 Å². The quantitative estimate of drug-likeness (QED) is 0.936. The van der Waals surface area contributed by atoms with Gasteiger partial charge < -0.3 is 9.47 Å². The highest BCUT2D eigenvalue weighted by molar-refractivity contribution is 5.99. The molecule has 23 heavy (non-hydrogen) atoms. The van der Waals surface area contributed by atoms with Crippen LogP contribution in [-0.2, 0) is 11.3 Å². The molecule has 0 fully saturated rings. The summed E-state index contributed by atoms with van der Waals surface area (Å²) in [6.45, 7) is 0.702. The van der Waals surface area contributed by atoms with Crippen LogP contribution in [-0.4, -0.2) is 18.5 Å². The average molecular weight is 311 g/mol. The van der Waals surface area contributed by atoms with Crippen molar-refractivity contribution in [3.05, 3.63) is 59.7 Å². The van der Waals surface area contributed by atoms with Crippen molar-refractivity contribution in [2.75, 3.05) is 11.9 Å². The minimum atomic E-state index is -0.547. The molecule has 1 heterocycles. The van der Waals surface area contributed by atoms with Gasteiger partial charge >= 0.3 is 6.09 Å². The van der Waals surface area contributed by atoms with Gasteiger partial charge in [-0.2, -0.15) is 0 Å². The van der Waals surface area contributed by atoms with E-state index in [1.54, 1.807) is 18.2 Å². The van der Waals surface area contributed by atoms with Crippen LogP contribution in [0.3, 0.4) is 0 Å². The van der Waals surface area contributed by atoms with Gasteiger partial charge in [0.15, 0.2) is 5.78 Å². The van der Waals surface area contributed by atoms with Crippen LogP contribution in [0, 0.1) is 0 Å². The number of nitrogens with one attached hydrogen (secondary N) is 1. The Labute approximate surface area is 134 Å². The topological polar surface area (TPSA) is 64.6 Å². The lowest BCUT2D eigenvalue weighted by Gasteiger charge is -2.10. The zero-order valence-electron chi connectivity index (χ0n) is 12.6. The zero-order chi connectivity index (χ0) is 16.1. The van der Waals surface area contributed by atoms with Gasteiger partial charge in [0.2, 0.25) is 0 Å². The number of rotatable bonds is 3. The summed E-state index contributed by atoms with van der Waals surface area (Å²) >= 11 is 0. The number of benzene rings is 2. The van der Waals surface area contributed by atoms with E-state index in [0.29, 0.717) is 36.4 Å². The number of ether oxygens (including phenoxy) is 2. The Kier molecular flexibility index (Phi) is 4.57. The first-order valence-electron chi connectivity index (χ1n) is 7.50. The van der Waals surface area contributed by atoms with Crippen molar-refractivity contribution in [3.8, 4) is 5.75 Å². The first-order chi connectivity index (χ1) is 11.2. The summed E-state index contributed by atoms with van der Waals surface area (Å²) in [5.74, 6) is 0.573. The fraction of sp³-hybridized carbons (Fsp3) is 0.222. The van der Waals surface area contributed by atoms with Crippen molar-refractivity contribution in [2.24, 2.45) is 0 Å². The first kappa shape index (κ1) is 15.1. The monoisotopic (exact) mass is 311 g/mol. The van der Waals surface area contributed by atoms with Crippen molar-refractivity contribution >= 4 is 17.6 Å². The van der Waals surface area contributed by atoms with Gasteiger partial charge in [-0.05, 0) is 24.1 Å². The molecule has 2 aromatic carbocycles. The van der Waals surface area contributed by atoms with Crippen LogP contribution in [0.25, 0.3) is 0 Å². The van der Waals surface area contributed by atoms with E-state index in [2.05, 4.69) is 5.32 Å². The molecule has 0 saturated heterocycles. The van der Waals surface area contributed by atoms with Crippen molar-refractivity contribution in [3.63, 3.8) is 0 Å². The lowest BCUT2D eigenvalue weighted by atomic mass is 10.1. The highest BCUT2D eigenvalue weighted by Gasteiger charge is 2.17. The minimum absolute atomic E-state index is 0.0655. The molecule has 0 saturated carbocycles. The fourth-order valence-corrected chi connectivity index (χ4v) is 2.38. The minimum Gasteiger partial charge on any atom is -0.493 e. The molecular weight excluding hydrogens is 294 g/mol. The number of hydrogen-bond donors (Lipinski definition) is 1.